The summed E-state index contributed by atoms with van der Waals surface area (Å²) in [5.41, 5.74) is 0.658. The second-order valence-electron chi connectivity index (χ2n) is 5.49. The number of pyridine rings is 1. The SMILES string of the molecule is CNc1ncccc1C(=O)N(C)C1CCCC(C)C1. The number of rotatable bonds is 3. The van der Waals surface area contributed by atoms with Crippen LogP contribution in [-0.2, 0) is 0 Å². The van der Waals surface area contributed by atoms with Crippen molar-refractivity contribution in [3.8, 4) is 0 Å². The van der Waals surface area contributed by atoms with Gasteiger partial charge in [0.2, 0.25) is 0 Å². The van der Waals surface area contributed by atoms with Gasteiger partial charge in [0, 0.05) is 26.3 Å². The third-order valence-electron chi connectivity index (χ3n) is 4.05. The second kappa shape index (κ2) is 6.04. The van der Waals surface area contributed by atoms with Gasteiger partial charge in [-0.15, -0.1) is 0 Å². The number of carbonyl (C=O) groups is 1. The molecule has 1 N–H and O–H groups in total. The molecule has 0 aliphatic heterocycles. The van der Waals surface area contributed by atoms with Gasteiger partial charge in [-0.2, -0.15) is 0 Å². The van der Waals surface area contributed by atoms with Crippen molar-refractivity contribution in [2.75, 3.05) is 19.4 Å². The summed E-state index contributed by atoms with van der Waals surface area (Å²) in [6, 6.07) is 4.01. The number of anilines is 1. The van der Waals surface area contributed by atoms with Gasteiger partial charge in [-0.3, -0.25) is 4.79 Å². The van der Waals surface area contributed by atoms with E-state index in [1.807, 2.05) is 24.1 Å². The lowest BCUT2D eigenvalue weighted by Gasteiger charge is -2.34. The van der Waals surface area contributed by atoms with Crippen LogP contribution in [0.25, 0.3) is 0 Å². The quantitative estimate of drug-likeness (QED) is 0.910. The first kappa shape index (κ1) is 13.8. The fourth-order valence-corrected chi connectivity index (χ4v) is 2.89. The zero-order valence-corrected chi connectivity index (χ0v) is 12.0. The van der Waals surface area contributed by atoms with E-state index in [9.17, 15) is 4.79 Å². The van der Waals surface area contributed by atoms with Crippen LogP contribution in [0.4, 0.5) is 5.82 Å². The Balaban J connectivity index is 2.14. The molecule has 0 spiro atoms. The van der Waals surface area contributed by atoms with Gasteiger partial charge in [0.25, 0.3) is 5.91 Å². The molecule has 4 heteroatoms. The van der Waals surface area contributed by atoms with Crippen LogP contribution in [-0.4, -0.2) is 35.9 Å². The molecule has 2 atom stereocenters. The number of carbonyl (C=O) groups excluding carboxylic acids is 1. The normalized spacial score (nSPS) is 22.9. The highest BCUT2D eigenvalue weighted by molar-refractivity contribution is 5.98. The maximum Gasteiger partial charge on any atom is 0.257 e. The molecule has 2 rings (SSSR count). The van der Waals surface area contributed by atoms with Crippen molar-refractivity contribution >= 4 is 11.7 Å². The molecule has 1 saturated carbocycles. The Morgan fingerprint density at radius 1 is 1.47 bits per heavy atom. The zero-order valence-electron chi connectivity index (χ0n) is 12.0. The predicted octanol–water partition coefficient (Wildman–Crippen LogP) is 2.77. The summed E-state index contributed by atoms with van der Waals surface area (Å²) in [7, 11) is 3.71. The van der Waals surface area contributed by atoms with Gasteiger partial charge >= 0.3 is 0 Å². The Labute approximate surface area is 115 Å². The predicted molar refractivity (Wildman–Crippen MR) is 77.3 cm³/mol. The first-order chi connectivity index (χ1) is 9.13. The molecule has 1 aromatic rings. The summed E-state index contributed by atoms with van der Waals surface area (Å²) in [5.74, 6) is 1.44. The van der Waals surface area contributed by atoms with Crippen LogP contribution in [0.2, 0.25) is 0 Å². The van der Waals surface area contributed by atoms with E-state index in [-0.39, 0.29) is 5.91 Å². The average molecular weight is 261 g/mol. The van der Waals surface area contributed by atoms with Crippen LogP contribution in [0.15, 0.2) is 18.3 Å². The molecule has 2 unspecified atom stereocenters. The monoisotopic (exact) mass is 261 g/mol. The van der Waals surface area contributed by atoms with Crippen molar-refractivity contribution in [1.29, 1.82) is 0 Å². The van der Waals surface area contributed by atoms with Crippen molar-refractivity contribution in [3.63, 3.8) is 0 Å². The number of hydrogen-bond donors (Lipinski definition) is 1. The van der Waals surface area contributed by atoms with Crippen LogP contribution in [0.3, 0.4) is 0 Å². The largest absolute Gasteiger partial charge is 0.372 e. The summed E-state index contributed by atoms with van der Waals surface area (Å²) < 4.78 is 0. The van der Waals surface area contributed by atoms with E-state index < -0.39 is 0 Å². The van der Waals surface area contributed by atoms with E-state index in [1.165, 1.54) is 12.8 Å². The fraction of sp³-hybridized carbons (Fsp3) is 0.600. The molecule has 1 heterocycles. The van der Waals surface area contributed by atoms with Crippen LogP contribution >= 0.6 is 0 Å². The maximum atomic E-state index is 12.6. The molecule has 0 saturated heterocycles. The van der Waals surface area contributed by atoms with Gasteiger partial charge in [-0.1, -0.05) is 19.8 Å². The fourth-order valence-electron chi connectivity index (χ4n) is 2.89. The van der Waals surface area contributed by atoms with Crippen LogP contribution in [0, 0.1) is 5.92 Å². The minimum absolute atomic E-state index is 0.0663. The van der Waals surface area contributed by atoms with Crippen molar-refractivity contribution in [2.24, 2.45) is 5.92 Å². The highest BCUT2D eigenvalue weighted by Gasteiger charge is 2.27. The molecule has 1 amide bonds. The van der Waals surface area contributed by atoms with Crippen LogP contribution < -0.4 is 5.32 Å². The average Bonchev–Trinajstić information content (AvgIpc) is 2.45. The van der Waals surface area contributed by atoms with Gasteiger partial charge in [0.05, 0.1) is 5.56 Å². The van der Waals surface area contributed by atoms with Gasteiger partial charge in [-0.05, 0) is 30.9 Å². The third-order valence-corrected chi connectivity index (χ3v) is 4.05. The molecule has 4 nitrogen and oxygen atoms in total. The van der Waals surface area contributed by atoms with E-state index in [2.05, 4.69) is 17.2 Å². The number of amides is 1. The van der Waals surface area contributed by atoms with Crippen molar-refractivity contribution in [3.05, 3.63) is 23.9 Å². The van der Waals surface area contributed by atoms with Crippen molar-refractivity contribution in [2.45, 2.75) is 38.6 Å². The van der Waals surface area contributed by atoms with Crippen molar-refractivity contribution < 1.29 is 4.79 Å². The summed E-state index contributed by atoms with van der Waals surface area (Å²) in [6.07, 6.45) is 6.42. The molecule has 0 bridgehead atoms. The molecule has 1 fully saturated rings. The molecule has 1 aliphatic rings. The minimum atomic E-state index is 0.0663. The highest BCUT2D eigenvalue weighted by atomic mass is 16.2. The lowest BCUT2D eigenvalue weighted by atomic mass is 9.86. The first-order valence-corrected chi connectivity index (χ1v) is 7.03. The first-order valence-electron chi connectivity index (χ1n) is 7.03. The number of nitrogens with zero attached hydrogens (tertiary/aromatic N) is 2. The van der Waals surface area contributed by atoms with Crippen LogP contribution in [0.1, 0.15) is 43.0 Å². The number of aromatic nitrogens is 1. The number of hydrogen-bond acceptors (Lipinski definition) is 3. The zero-order chi connectivity index (χ0) is 13.8. The Morgan fingerprint density at radius 2 is 2.26 bits per heavy atom. The van der Waals surface area contributed by atoms with Gasteiger partial charge in [0.1, 0.15) is 5.82 Å². The summed E-state index contributed by atoms with van der Waals surface area (Å²) in [5, 5.41) is 2.98. The second-order valence-corrected chi connectivity index (χ2v) is 5.49. The molecule has 1 aromatic heterocycles. The Hall–Kier alpha value is -1.58. The Kier molecular flexibility index (Phi) is 4.40. The molecule has 0 radical (unpaired) electrons. The topological polar surface area (TPSA) is 45.2 Å². The van der Waals surface area contributed by atoms with E-state index in [1.54, 1.807) is 13.2 Å². The summed E-state index contributed by atoms with van der Waals surface area (Å²) in [4.78, 5) is 18.7. The van der Waals surface area contributed by atoms with Crippen molar-refractivity contribution in [1.82, 2.24) is 9.88 Å². The number of nitrogens with one attached hydrogen (secondary N) is 1. The summed E-state index contributed by atoms with van der Waals surface area (Å²) in [6.45, 7) is 2.27. The lowest BCUT2D eigenvalue weighted by molar-refractivity contribution is 0.0673. The highest BCUT2D eigenvalue weighted by Crippen LogP contribution is 2.28. The summed E-state index contributed by atoms with van der Waals surface area (Å²) >= 11 is 0. The molecule has 104 valence electrons. The molecular formula is C15H23N3O. The maximum absolute atomic E-state index is 12.6. The van der Waals surface area contributed by atoms with Gasteiger partial charge < -0.3 is 10.2 Å². The van der Waals surface area contributed by atoms with E-state index in [0.717, 1.165) is 12.8 Å². The minimum Gasteiger partial charge on any atom is -0.372 e. The van der Waals surface area contributed by atoms with Gasteiger partial charge in [-0.25, -0.2) is 4.98 Å². The van der Waals surface area contributed by atoms with Crippen LogP contribution in [0.5, 0.6) is 0 Å². The molecule has 1 aliphatic carbocycles. The smallest absolute Gasteiger partial charge is 0.257 e. The molecular weight excluding hydrogens is 238 g/mol. The van der Waals surface area contributed by atoms with Gasteiger partial charge in [0.15, 0.2) is 0 Å². The Morgan fingerprint density at radius 3 is 2.95 bits per heavy atom. The standard InChI is InChI=1S/C15H23N3O/c1-11-6-4-7-12(10-11)18(3)15(19)13-8-5-9-17-14(13)16-2/h5,8-9,11-12H,4,6-7,10H2,1-3H3,(H,16,17). The van der Waals surface area contributed by atoms with E-state index in [0.29, 0.717) is 23.3 Å². The molecule has 0 aromatic carbocycles. The molecule has 19 heavy (non-hydrogen) atoms. The Bertz CT molecular complexity index is 447. The third kappa shape index (κ3) is 3.06. The van der Waals surface area contributed by atoms with E-state index in [4.69, 9.17) is 0 Å². The van der Waals surface area contributed by atoms with E-state index >= 15 is 0 Å². The lowest BCUT2D eigenvalue weighted by Crippen LogP contribution is -2.40.